The molecule has 0 fully saturated rings. The summed E-state index contributed by atoms with van der Waals surface area (Å²) in [6, 6.07) is 4.63. The molecule has 0 aliphatic heterocycles. The first-order chi connectivity index (χ1) is 8.10. The summed E-state index contributed by atoms with van der Waals surface area (Å²) in [5.41, 5.74) is 1.22. The number of nitro benzene ring substituents is 1. The molecule has 1 N–H and O–H groups in total. The van der Waals surface area contributed by atoms with E-state index in [2.05, 4.69) is 10.4 Å². The highest BCUT2D eigenvalue weighted by Crippen LogP contribution is 2.23. The van der Waals surface area contributed by atoms with Crippen molar-refractivity contribution < 1.29 is 4.92 Å². The number of aromatic nitrogens is 2. The van der Waals surface area contributed by atoms with Crippen LogP contribution in [0.1, 0.15) is 0 Å². The van der Waals surface area contributed by atoms with Crippen LogP contribution in [0.4, 0.5) is 11.4 Å². The first-order valence-corrected chi connectivity index (χ1v) is 5.16. The van der Waals surface area contributed by atoms with E-state index in [9.17, 15) is 10.1 Å². The number of benzene rings is 1. The van der Waals surface area contributed by atoms with Crippen molar-refractivity contribution in [3.8, 4) is 5.69 Å². The van der Waals surface area contributed by atoms with Gasteiger partial charge in [0.15, 0.2) is 0 Å². The Morgan fingerprint density at radius 2 is 2.24 bits per heavy atom. The minimum atomic E-state index is -0.449. The Kier molecular flexibility index (Phi) is 2.97. The van der Waals surface area contributed by atoms with Crippen molar-refractivity contribution in [1.82, 2.24) is 9.78 Å². The van der Waals surface area contributed by atoms with Crippen molar-refractivity contribution in [2.45, 2.75) is 0 Å². The molecule has 7 heteroatoms. The fraction of sp³-hybridized carbons (Fsp3) is 0.100. The van der Waals surface area contributed by atoms with E-state index in [0.717, 1.165) is 0 Å². The molecule has 1 aromatic carbocycles. The van der Waals surface area contributed by atoms with Crippen LogP contribution in [0.5, 0.6) is 0 Å². The minimum absolute atomic E-state index is 0.00141. The third-order valence-corrected chi connectivity index (χ3v) is 2.41. The number of nitro groups is 1. The highest BCUT2D eigenvalue weighted by molar-refractivity contribution is 6.30. The van der Waals surface area contributed by atoms with Gasteiger partial charge in [0.2, 0.25) is 0 Å². The van der Waals surface area contributed by atoms with Gasteiger partial charge in [0.1, 0.15) is 0 Å². The average Bonchev–Trinajstić information content (AvgIpc) is 2.75. The largest absolute Gasteiger partial charge is 0.388 e. The number of hydrogen-bond donors (Lipinski definition) is 1. The Morgan fingerprint density at radius 3 is 2.76 bits per heavy atom. The van der Waals surface area contributed by atoms with Gasteiger partial charge in [-0.15, -0.1) is 0 Å². The lowest BCUT2D eigenvalue weighted by Crippen LogP contribution is -1.99. The molecule has 0 unspecified atom stereocenters. The van der Waals surface area contributed by atoms with Crippen molar-refractivity contribution >= 4 is 23.0 Å². The van der Waals surface area contributed by atoms with Crippen LogP contribution in [0.2, 0.25) is 5.02 Å². The summed E-state index contributed by atoms with van der Waals surface area (Å²) in [4.78, 5) is 10.3. The van der Waals surface area contributed by atoms with Gasteiger partial charge in [0.25, 0.3) is 5.69 Å². The van der Waals surface area contributed by atoms with Gasteiger partial charge in [-0.2, -0.15) is 5.10 Å². The zero-order chi connectivity index (χ0) is 12.4. The third-order valence-electron chi connectivity index (χ3n) is 2.22. The number of nitrogens with zero attached hydrogens (tertiary/aromatic N) is 3. The fourth-order valence-electron chi connectivity index (χ4n) is 1.42. The third kappa shape index (κ3) is 2.36. The zero-order valence-corrected chi connectivity index (χ0v) is 9.68. The minimum Gasteiger partial charge on any atom is -0.388 e. The summed E-state index contributed by atoms with van der Waals surface area (Å²) in [5, 5.41) is 18.1. The van der Waals surface area contributed by atoms with E-state index >= 15 is 0 Å². The Hall–Kier alpha value is -2.08. The molecule has 0 saturated heterocycles. The van der Waals surface area contributed by atoms with E-state index in [1.807, 2.05) is 0 Å². The zero-order valence-electron chi connectivity index (χ0n) is 8.92. The highest BCUT2D eigenvalue weighted by Gasteiger charge is 2.10. The lowest BCUT2D eigenvalue weighted by Gasteiger charge is -2.05. The van der Waals surface area contributed by atoms with Crippen molar-refractivity contribution in [2.75, 3.05) is 12.4 Å². The number of anilines is 1. The lowest BCUT2D eigenvalue weighted by atomic mass is 10.2. The fourth-order valence-corrected chi connectivity index (χ4v) is 1.56. The van der Waals surface area contributed by atoms with Gasteiger partial charge < -0.3 is 5.32 Å². The van der Waals surface area contributed by atoms with E-state index in [1.165, 1.54) is 23.0 Å². The summed E-state index contributed by atoms with van der Waals surface area (Å²) >= 11 is 5.75. The first-order valence-electron chi connectivity index (χ1n) is 4.78. The van der Waals surface area contributed by atoms with E-state index in [1.54, 1.807) is 19.3 Å². The van der Waals surface area contributed by atoms with Crippen LogP contribution >= 0.6 is 11.6 Å². The maximum absolute atomic E-state index is 10.8. The molecule has 0 radical (unpaired) electrons. The monoisotopic (exact) mass is 252 g/mol. The highest BCUT2D eigenvalue weighted by atomic mass is 35.5. The van der Waals surface area contributed by atoms with Crippen LogP contribution in [-0.4, -0.2) is 21.8 Å². The average molecular weight is 253 g/mol. The van der Waals surface area contributed by atoms with Crippen LogP contribution in [0.3, 0.4) is 0 Å². The van der Waals surface area contributed by atoms with Crippen LogP contribution < -0.4 is 5.32 Å². The van der Waals surface area contributed by atoms with Crippen LogP contribution in [0, 0.1) is 10.1 Å². The first kappa shape index (κ1) is 11.4. The molecule has 2 aromatic rings. The molecule has 0 amide bonds. The molecular weight excluding hydrogens is 244 g/mol. The van der Waals surface area contributed by atoms with Crippen molar-refractivity contribution in [1.29, 1.82) is 0 Å². The van der Waals surface area contributed by atoms with Gasteiger partial charge in [-0.3, -0.25) is 10.1 Å². The lowest BCUT2D eigenvalue weighted by molar-refractivity contribution is -0.384. The summed E-state index contributed by atoms with van der Waals surface area (Å²) in [6.07, 6.45) is 3.06. The number of hydrogen-bond acceptors (Lipinski definition) is 4. The maximum atomic E-state index is 10.8. The van der Waals surface area contributed by atoms with Gasteiger partial charge in [0, 0.05) is 31.1 Å². The Bertz CT molecular complexity index is 567. The molecule has 0 aliphatic carbocycles. The molecular formula is C10H9ClN4O2. The number of nitrogens with one attached hydrogen (secondary N) is 1. The summed E-state index contributed by atoms with van der Waals surface area (Å²) in [6.45, 7) is 0. The van der Waals surface area contributed by atoms with E-state index in [-0.39, 0.29) is 5.69 Å². The van der Waals surface area contributed by atoms with Gasteiger partial charge in [-0.05, 0) is 6.07 Å². The molecule has 88 valence electrons. The van der Waals surface area contributed by atoms with Gasteiger partial charge in [-0.1, -0.05) is 11.6 Å². The Labute approximate surface area is 102 Å². The van der Waals surface area contributed by atoms with Crippen molar-refractivity contribution in [3.05, 3.63) is 45.7 Å². The molecule has 0 aliphatic rings. The summed E-state index contributed by atoms with van der Waals surface area (Å²) in [5.74, 6) is 0. The molecule has 0 spiro atoms. The molecule has 2 rings (SSSR count). The van der Waals surface area contributed by atoms with E-state index < -0.39 is 4.92 Å². The van der Waals surface area contributed by atoms with E-state index in [4.69, 9.17) is 11.6 Å². The second kappa shape index (κ2) is 4.42. The Morgan fingerprint density at radius 1 is 1.47 bits per heavy atom. The predicted octanol–water partition coefficient (Wildman–Crippen LogP) is 2.48. The number of halogens is 1. The van der Waals surface area contributed by atoms with Crippen molar-refractivity contribution in [3.63, 3.8) is 0 Å². The number of non-ortho nitro benzene ring substituents is 1. The SMILES string of the molecule is CNc1cc(-n2cc(Cl)cn2)cc([N+](=O)[O-])c1. The Balaban J connectivity index is 2.53. The molecule has 0 saturated carbocycles. The standard InChI is InChI=1S/C10H9ClN4O2/c1-12-8-2-9(4-10(3-8)15(16)17)14-6-7(11)5-13-14/h2-6,12H,1H3. The molecule has 1 aromatic heterocycles. The topological polar surface area (TPSA) is 73.0 Å². The normalized spacial score (nSPS) is 10.2. The van der Waals surface area contributed by atoms with E-state index in [0.29, 0.717) is 16.4 Å². The summed E-state index contributed by atoms with van der Waals surface area (Å²) in [7, 11) is 1.69. The molecule has 6 nitrogen and oxygen atoms in total. The van der Waals surface area contributed by atoms with Gasteiger partial charge in [0.05, 0.1) is 21.8 Å². The molecule has 17 heavy (non-hydrogen) atoms. The quantitative estimate of drug-likeness (QED) is 0.673. The summed E-state index contributed by atoms with van der Waals surface area (Å²) < 4.78 is 1.48. The van der Waals surface area contributed by atoms with Crippen LogP contribution in [-0.2, 0) is 0 Å². The van der Waals surface area contributed by atoms with Gasteiger partial charge in [-0.25, -0.2) is 4.68 Å². The van der Waals surface area contributed by atoms with Crippen LogP contribution in [0.25, 0.3) is 5.69 Å². The second-order valence-corrected chi connectivity index (χ2v) is 3.78. The number of rotatable bonds is 3. The van der Waals surface area contributed by atoms with Crippen LogP contribution in [0.15, 0.2) is 30.6 Å². The molecule has 1 heterocycles. The molecule has 0 atom stereocenters. The molecule has 0 bridgehead atoms. The second-order valence-electron chi connectivity index (χ2n) is 3.35. The van der Waals surface area contributed by atoms with Crippen molar-refractivity contribution in [2.24, 2.45) is 0 Å². The smallest absolute Gasteiger partial charge is 0.273 e. The van der Waals surface area contributed by atoms with Gasteiger partial charge >= 0.3 is 0 Å². The predicted molar refractivity (Wildman–Crippen MR) is 64.8 cm³/mol. The maximum Gasteiger partial charge on any atom is 0.273 e.